The second-order valence-corrected chi connectivity index (χ2v) is 4.31. The fourth-order valence-corrected chi connectivity index (χ4v) is 2.10. The van der Waals surface area contributed by atoms with Crippen molar-refractivity contribution in [2.24, 2.45) is 5.92 Å². The fraction of sp³-hybridized carbons (Fsp3) is 0.818. The van der Waals surface area contributed by atoms with Crippen molar-refractivity contribution >= 4 is 11.9 Å². The van der Waals surface area contributed by atoms with Gasteiger partial charge in [-0.15, -0.1) is 0 Å². The van der Waals surface area contributed by atoms with Gasteiger partial charge in [0.2, 0.25) is 6.23 Å². The second kappa shape index (κ2) is 6.56. The van der Waals surface area contributed by atoms with Crippen molar-refractivity contribution in [1.29, 1.82) is 0 Å². The summed E-state index contributed by atoms with van der Waals surface area (Å²) in [5.41, 5.74) is 0. The van der Waals surface area contributed by atoms with Crippen molar-refractivity contribution in [2.45, 2.75) is 44.4 Å². The van der Waals surface area contributed by atoms with E-state index in [-0.39, 0.29) is 5.92 Å². The third kappa shape index (κ3) is 3.98. The lowest BCUT2D eigenvalue weighted by Gasteiger charge is -2.26. The van der Waals surface area contributed by atoms with E-state index in [1.165, 1.54) is 7.11 Å². The molecule has 0 aliphatic heterocycles. The maximum atomic E-state index is 11.6. The minimum Gasteiger partial charge on any atom is -0.478 e. The molecule has 1 aliphatic rings. The van der Waals surface area contributed by atoms with Crippen molar-refractivity contribution in [2.75, 3.05) is 7.11 Å². The zero-order chi connectivity index (χ0) is 12.8. The average molecular weight is 245 g/mol. The van der Waals surface area contributed by atoms with Gasteiger partial charge in [0.1, 0.15) is 6.10 Å². The van der Waals surface area contributed by atoms with E-state index in [1.807, 2.05) is 0 Å². The number of carbonyl (C=O) groups is 2. The number of nitrogens with one attached hydrogen (secondary N) is 1. The molecule has 0 saturated heterocycles. The van der Waals surface area contributed by atoms with E-state index in [9.17, 15) is 14.7 Å². The quantitative estimate of drug-likeness (QED) is 0.597. The minimum absolute atomic E-state index is 0.0740. The lowest BCUT2D eigenvalue weighted by Crippen LogP contribution is -2.48. The summed E-state index contributed by atoms with van der Waals surface area (Å²) in [6, 6.07) is 0. The summed E-state index contributed by atoms with van der Waals surface area (Å²) in [5.74, 6) is -2.03. The summed E-state index contributed by atoms with van der Waals surface area (Å²) in [4.78, 5) is 22.3. The predicted molar refractivity (Wildman–Crippen MR) is 59.2 cm³/mol. The number of amides is 1. The Balaban J connectivity index is 2.47. The molecule has 17 heavy (non-hydrogen) atoms. The van der Waals surface area contributed by atoms with Crippen molar-refractivity contribution < 1.29 is 24.5 Å². The van der Waals surface area contributed by atoms with Crippen molar-refractivity contribution in [3.63, 3.8) is 0 Å². The Morgan fingerprint density at radius 2 is 1.88 bits per heavy atom. The predicted octanol–water partition coefficient (Wildman–Crippen LogP) is 0.101. The van der Waals surface area contributed by atoms with Gasteiger partial charge in [-0.1, -0.05) is 19.3 Å². The van der Waals surface area contributed by atoms with E-state index in [1.54, 1.807) is 0 Å². The summed E-state index contributed by atoms with van der Waals surface area (Å²) in [6.45, 7) is 0. The van der Waals surface area contributed by atoms with Crippen molar-refractivity contribution in [1.82, 2.24) is 5.32 Å². The number of aliphatic hydroxyl groups is 1. The molecule has 0 aromatic rings. The highest BCUT2D eigenvalue weighted by Gasteiger charge is 2.30. The highest BCUT2D eigenvalue weighted by molar-refractivity contribution is 5.85. The summed E-state index contributed by atoms with van der Waals surface area (Å²) < 4.78 is 4.58. The fourth-order valence-electron chi connectivity index (χ4n) is 2.10. The molecule has 1 amide bonds. The standard InChI is InChI=1S/C11H19NO5/c1-17-10(11(15)16)12-9(14)8(13)7-5-3-2-4-6-7/h7-8,10,13H,2-6H2,1H3,(H,12,14)(H,15,16)/t8-,10?/m0/s1. The molecule has 1 aliphatic carbocycles. The van der Waals surface area contributed by atoms with E-state index < -0.39 is 24.2 Å². The van der Waals surface area contributed by atoms with Gasteiger partial charge in [-0.05, 0) is 18.8 Å². The lowest BCUT2D eigenvalue weighted by atomic mass is 9.85. The highest BCUT2D eigenvalue weighted by atomic mass is 16.5. The minimum atomic E-state index is -1.40. The maximum Gasteiger partial charge on any atom is 0.354 e. The maximum absolute atomic E-state index is 11.6. The lowest BCUT2D eigenvalue weighted by molar-refractivity contribution is -0.155. The van der Waals surface area contributed by atoms with Crippen LogP contribution in [0.5, 0.6) is 0 Å². The number of carboxylic acids is 1. The van der Waals surface area contributed by atoms with Gasteiger partial charge in [-0.3, -0.25) is 4.79 Å². The topological polar surface area (TPSA) is 95.9 Å². The van der Waals surface area contributed by atoms with Crippen LogP contribution in [0.3, 0.4) is 0 Å². The molecule has 0 bridgehead atoms. The van der Waals surface area contributed by atoms with Gasteiger partial charge in [0, 0.05) is 7.11 Å². The number of methoxy groups -OCH3 is 1. The molecule has 0 aromatic heterocycles. The van der Waals surface area contributed by atoms with Crippen LogP contribution in [0.4, 0.5) is 0 Å². The van der Waals surface area contributed by atoms with Crippen LogP contribution in [0.15, 0.2) is 0 Å². The normalized spacial score (nSPS) is 20.6. The van der Waals surface area contributed by atoms with Crippen LogP contribution in [-0.4, -0.2) is 41.5 Å². The van der Waals surface area contributed by atoms with E-state index in [4.69, 9.17) is 5.11 Å². The van der Waals surface area contributed by atoms with Crippen LogP contribution in [0.25, 0.3) is 0 Å². The van der Waals surface area contributed by atoms with Gasteiger partial charge < -0.3 is 20.3 Å². The van der Waals surface area contributed by atoms with Gasteiger partial charge in [0.15, 0.2) is 0 Å². The van der Waals surface area contributed by atoms with Crippen LogP contribution in [0.1, 0.15) is 32.1 Å². The van der Waals surface area contributed by atoms with E-state index in [0.717, 1.165) is 32.1 Å². The third-order valence-electron chi connectivity index (χ3n) is 3.10. The largest absolute Gasteiger partial charge is 0.478 e. The number of aliphatic carboxylic acids is 1. The molecule has 3 N–H and O–H groups in total. The summed E-state index contributed by atoms with van der Waals surface area (Å²) in [5, 5.41) is 20.7. The van der Waals surface area contributed by atoms with Crippen LogP contribution in [0.2, 0.25) is 0 Å². The molecular weight excluding hydrogens is 226 g/mol. The highest BCUT2D eigenvalue weighted by Crippen LogP contribution is 2.26. The molecule has 6 heteroatoms. The van der Waals surface area contributed by atoms with E-state index in [0.29, 0.717) is 0 Å². The van der Waals surface area contributed by atoms with E-state index in [2.05, 4.69) is 10.1 Å². The van der Waals surface area contributed by atoms with Gasteiger partial charge in [-0.2, -0.15) is 0 Å². The smallest absolute Gasteiger partial charge is 0.354 e. The number of aliphatic hydroxyl groups excluding tert-OH is 1. The Hall–Kier alpha value is -1.14. The molecule has 1 saturated carbocycles. The zero-order valence-electron chi connectivity index (χ0n) is 9.89. The summed E-state index contributed by atoms with van der Waals surface area (Å²) >= 11 is 0. The Kier molecular flexibility index (Phi) is 5.37. The van der Waals surface area contributed by atoms with E-state index >= 15 is 0 Å². The first-order chi connectivity index (χ1) is 8.06. The number of carboxylic acid groups (broad SMARTS) is 1. The second-order valence-electron chi connectivity index (χ2n) is 4.31. The molecule has 6 nitrogen and oxygen atoms in total. The average Bonchev–Trinajstić information content (AvgIpc) is 2.35. The molecule has 1 rings (SSSR count). The van der Waals surface area contributed by atoms with Crippen LogP contribution in [0, 0.1) is 5.92 Å². The van der Waals surface area contributed by atoms with Gasteiger partial charge >= 0.3 is 5.97 Å². The summed E-state index contributed by atoms with van der Waals surface area (Å²) in [7, 11) is 1.19. The van der Waals surface area contributed by atoms with Crippen molar-refractivity contribution in [3.05, 3.63) is 0 Å². The van der Waals surface area contributed by atoms with Crippen LogP contribution >= 0.6 is 0 Å². The van der Waals surface area contributed by atoms with Gasteiger partial charge in [0.25, 0.3) is 5.91 Å². The molecule has 1 fully saturated rings. The molecule has 98 valence electrons. The molecule has 0 radical (unpaired) electrons. The van der Waals surface area contributed by atoms with Gasteiger partial charge in [-0.25, -0.2) is 4.79 Å². The Morgan fingerprint density at radius 3 is 2.35 bits per heavy atom. The molecular formula is C11H19NO5. The van der Waals surface area contributed by atoms with Crippen LogP contribution in [-0.2, 0) is 14.3 Å². The molecule has 0 spiro atoms. The van der Waals surface area contributed by atoms with Crippen molar-refractivity contribution in [3.8, 4) is 0 Å². The Bertz CT molecular complexity index is 275. The molecule has 0 aromatic carbocycles. The molecule has 0 heterocycles. The monoisotopic (exact) mass is 245 g/mol. The number of carbonyl (C=O) groups excluding carboxylic acids is 1. The first kappa shape index (κ1) is 13.9. The van der Waals surface area contributed by atoms with Gasteiger partial charge in [0.05, 0.1) is 0 Å². The first-order valence-electron chi connectivity index (χ1n) is 5.80. The molecule has 1 unspecified atom stereocenters. The Labute approximate surface area is 100.0 Å². The zero-order valence-corrected chi connectivity index (χ0v) is 9.89. The first-order valence-corrected chi connectivity index (χ1v) is 5.80. The number of rotatable bonds is 5. The van der Waals surface area contributed by atoms with Crippen LogP contribution < -0.4 is 5.32 Å². The third-order valence-corrected chi connectivity index (χ3v) is 3.10. The summed E-state index contributed by atoms with van der Waals surface area (Å²) in [6.07, 6.45) is 2.19. The Morgan fingerprint density at radius 1 is 1.29 bits per heavy atom. The molecule has 2 atom stereocenters. The SMILES string of the molecule is COC(NC(=O)[C@@H](O)C1CCCCC1)C(=O)O. The number of hydrogen-bond acceptors (Lipinski definition) is 4. The number of ether oxygens (including phenoxy) is 1. The number of hydrogen-bond donors (Lipinski definition) is 3.